The van der Waals surface area contributed by atoms with Crippen LogP contribution in [0, 0.1) is 22.9 Å². The van der Waals surface area contributed by atoms with Crippen LogP contribution in [0.5, 0.6) is 5.75 Å². The van der Waals surface area contributed by atoms with E-state index in [4.69, 9.17) is 9.84 Å². The number of halogens is 3. The van der Waals surface area contributed by atoms with E-state index < -0.39 is 11.8 Å². The number of benzene rings is 3. The summed E-state index contributed by atoms with van der Waals surface area (Å²) in [6.07, 6.45) is 3.79. The molecular formula is C33H35F3N2O3. The Morgan fingerprint density at radius 2 is 1.71 bits per heavy atom. The van der Waals surface area contributed by atoms with E-state index in [-0.39, 0.29) is 34.5 Å². The maximum Gasteiger partial charge on any atom is 0.338 e. The number of carbonyl (C=O) groups is 1. The molecule has 0 radical (unpaired) electrons. The summed E-state index contributed by atoms with van der Waals surface area (Å²) in [7, 11) is 0. The van der Waals surface area contributed by atoms with Crippen molar-refractivity contribution in [2.45, 2.75) is 58.1 Å². The summed E-state index contributed by atoms with van der Waals surface area (Å²) >= 11 is 0. The number of piperidine rings is 1. The summed E-state index contributed by atoms with van der Waals surface area (Å²) in [6.45, 7) is 7.71. The molecule has 3 aromatic rings. The van der Waals surface area contributed by atoms with E-state index in [0.717, 1.165) is 63.0 Å². The molecule has 0 atom stereocenters. The molecule has 3 aromatic carbocycles. The van der Waals surface area contributed by atoms with Crippen molar-refractivity contribution in [3.63, 3.8) is 0 Å². The maximum atomic E-state index is 16.3. The molecular weight excluding hydrogens is 529 g/mol. The summed E-state index contributed by atoms with van der Waals surface area (Å²) < 4.78 is 50.2. The number of anilines is 1. The molecule has 2 heterocycles. The molecule has 1 spiro atoms. The number of nitrogens with zero attached hydrogens (tertiary/aromatic N) is 2. The Labute approximate surface area is 238 Å². The molecule has 216 valence electrons. The van der Waals surface area contributed by atoms with Crippen molar-refractivity contribution < 1.29 is 27.8 Å². The molecule has 3 fully saturated rings. The van der Waals surface area contributed by atoms with Crippen LogP contribution in [0.2, 0.25) is 0 Å². The van der Waals surface area contributed by atoms with Crippen molar-refractivity contribution in [2.24, 2.45) is 5.41 Å². The second-order valence-electron chi connectivity index (χ2n) is 12.2. The van der Waals surface area contributed by atoms with Crippen LogP contribution in [-0.4, -0.2) is 48.3 Å². The Bertz CT molecular complexity index is 1450. The van der Waals surface area contributed by atoms with Crippen LogP contribution in [0.25, 0.3) is 11.1 Å². The van der Waals surface area contributed by atoms with Crippen molar-refractivity contribution in [1.82, 2.24) is 4.90 Å². The molecule has 1 saturated carbocycles. The van der Waals surface area contributed by atoms with E-state index >= 15 is 4.39 Å². The first-order chi connectivity index (χ1) is 19.6. The lowest BCUT2D eigenvalue weighted by Gasteiger charge is -2.55. The summed E-state index contributed by atoms with van der Waals surface area (Å²) in [6, 6.07) is 12.4. The fraction of sp³-hybridized carbons (Fsp3) is 0.424. The zero-order chi connectivity index (χ0) is 28.9. The van der Waals surface area contributed by atoms with E-state index in [1.807, 2.05) is 13.8 Å². The number of ether oxygens (including phenoxy) is 1. The minimum atomic E-state index is -1.27. The van der Waals surface area contributed by atoms with Crippen LogP contribution < -0.4 is 9.64 Å². The highest BCUT2D eigenvalue weighted by Crippen LogP contribution is 2.49. The van der Waals surface area contributed by atoms with Gasteiger partial charge in [-0.3, -0.25) is 4.90 Å². The summed E-state index contributed by atoms with van der Waals surface area (Å²) in [4.78, 5) is 15.6. The molecule has 6 rings (SSSR count). The smallest absolute Gasteiger partial charge is 0.338 e. The number of aromatic carboxylic acids is 1. The highest BCUT2D eigenvalue weighted by atomic mass is 19.1. The summed E-state index contributed by atoms with van der Waals surface area (Å²) in [5.41, 5.74) is 3.55. The minimum absolute atomic E-state index is 0.145. The predicted molar refractivity (Wildman–Crippen MR) is 152 cm³/mol. The van der Waals surface area contributed by atoms with Crippen LogP contribution in [0.4, 0.5) is 18.9 Å². The Balaban J connectivity index is 1.18. The average Bonchev–Trinajstić information content (AvgIpc) is 3.76. The molecule has 8 heteroatoms. The Hall–Kier alpha value is -3.52. The zero-order valence-electron chi connectivity index (χ0n) is 23.4. The van der Waals surface area contributed by atoms with Gasteiger partial charge >= 0.3 is 5.97 Å². The largest absolute Gasteiger partial charge is 0.488 e. The van der Waals surface area contributed by atoms with Gasteiger partial charge in [0, 0.05) is 41.9 Å². The molecule has 3 aliphatic rings. The van der Waals surface area contributed by atoms with Crippen molar-refractivity contribution in [3.05, 3.63) is 82.7 Å². The molecule has 1 N–H and O–H groups in total. The van der Waals surface area contributed by atoms with Crippen molar-refractivity contribution >= 4 is 11.7 Å². The van der Waals surface area contributed by atoms with Gasteiger partial charge in [-0.15, -0.1) is 0 Å². The molecule has 5 nitrogen and oxygen atoms in total. The van der Waals surface area contributed by atoms with E-state index in [2.05, 4.69) is 15.9 Å². The molecule has 0 amide bonds. The van der Waals surface area contributed by atoms with Crippen molar-refractivity contribution in [3.8, 4) is 16.9 Å². The predicted octanol–water partition coefficient (Wildman–Crippen LogP) is 7.24. The van der Waals surface area contributed by atoms with Crippen LogP contribution in [0.15, 0.2) is 48.5 Å². The third kappa shape index (κ3) is 5.54. The van der Waals surface area contributed by atoms with Gasteiger partial charge in [0.2, 0.25) is 0 Å². The standard InChI is InChI=1S/C33H35F3N2O3/c1-20(2)41-31-23(15-27(21-3-4-21)29(30(31)36)22-5-7-24(34)8-6-22)17-37-13-11-33(12-14-37)18-38(19-33)25-9-10-26(32(39)40)28(35)16-25/h5-10,15-16,20-21H,3-4,11-14,17-19H2,1-2H3,(H,39,40). The van der Waals surface area contributed by atoms with E-state index in [0.29, 0.717) is 29.3 Å². The van der Waals surface area contributed by atoms with Gasteiger partial charge in [0.15, 0.2) is 11.6 Å². The number of hydrogen-bond donors (Lipinski definition) is 1. The van der Waals surface area contributed by atoms with Crippen LogP contribution in [0.1, 0.15) is 66.9 Å². The fourth-order valence-electron chi connectivity index (χ4n) is 6.38. The molecule has 0 aromatic heterocycles. The number of hydrogen-bond acceptors (Lipinski definition) is 4. The van der Waals surface area contributed by atoms with Gasteiger partial charge in [0.05, 0.1) is 11.7 Å². The first-order valence-electron chi connectivity index (χ1n) is 14.4. The number of likely N-dealkylation sites (tertiary alicyclic amines) is 1. The van der Waals surface area contributed by atoms with Gasteiger partial charge in [-0.2, -0.15) is 0 Å². The number of rotatable bonds is 8. The number of carboxylic acid groups (broad SMARTS) is 1. The van der Waals surface area contributed by atoms with Gasteiger partial charge in [0.25, 0.3) is 0 Å². The van der Waals surface area contributed by atoms with Crippen LogP contribution >= 0.6 is 0 Å². The third-order valence-corrected chi connectivity index (χ3v) is 8.74. The first kappa shape index (κ1) is 27.6. The van der Waals surface area contributed by atoms with Crippen molar-refractivity contribution in [1.29, 1.82) is 0 Å². The molecule has 1 aliphatic carbocycles. The monoisotopic (exact) mass is 564 g/mol. The first-order valence-corrected chi connectivity index (χ1v) is 14.4. The SMILES string of the molecule is CC(C)Oc1c(CN2CCC3(CC2)CN(c2ccc(C(=O)O)c(F)c2)C3)cc(C2CC2)c(-c2ccc(F)cc2)c1F. The summed E-state index contributed by atoms with van der Waals surface area (Å²) in [5.74, 6) is -2.11. The molecule has 0 unspecified atom stereocenters. The lowest BCUT2D eigenvalue weighted by atomic mass is 9.71. The van der Waals surface area contributed by atoms with Gasteiger partial charge < -0.3 is 14.7 Å². The molecule has 0 bridgehead atoms. The van der Waals surface area contributed by atoms with E-state index in [1.54, 1.807) is 18.2 Å². The van der Waals surface area contributed by atoms with Gasteiger partial charge in [-0.05, 0) is 106 Å². The number of carboxylic acids is 1. The highest BCUT2D eigenvalue weighted by molar-refractivity contribution is 5.88. The normalized spacial score (nSPS) is 18.5. The highest BCUT2D eigenvalue weighted by Gasteiger charge is 2.45. The third-order valence-electron chi connectivity index (χ3n) is 8.74. The average molecular weight is 565 g/mol. The minimum Gasteiger partial charge on any atom is -0.488 e. The topological polar surface area (TPSA) is 53.0 Å². The van der Waals surface area contributed by atoms with Crippen molar-refractivity contribution in [2.75, 3.05) is 31.1 Å². The zero-order valence-corrected chi connectivity index (χ0v) is 23.4. The Morgan fingerprint density at radius 3 is 2.29 bits per heavy atom. The molecule has 2 aliphatic heterocycles. The Kier molecular flexibility index (Phi) is 7.22. The van der Waals surface area contributed by atoms with Crippen LogP contribution in [-0.2, 0) is 6.54 Å². The Morgan fingerprint density at radius 1 is 1.02 bits per heavy atom. The quantitative estimate of drug-likeness (QED) is 0.313. The lowest BCUT2D eigenvalue weighted by molar-refractivity contribution is 0.0689. The van der Waals surface area contributed by atoms with Crippen LogP contribution in [0.3, 0.4) is 0 Å². The molecule has 2 saturated heterocycles. The molecule has 41 heavy (non-hydrogen) atoms. The van der Waals surface area contributed by atoms with Gasteiger partial charge in [0.1, 0.15) is 11.6 Å². The van der Waals surface area contributed by atoms with E-state index in [1.165, 1.54) is 24.3 Å². The second kappa shape index (κ2) is 10.7. The summed E-state index contributed by atoms with van der Waals surface area (Å²) in [5, 5.41) is 9.09. The maximum absolute atomic E-state index is 16.3. The lowest BCUT2D eigenvalue weighted by Crippen LogP contribution is -2.60. The fourth-order valence-corrected chi connectivity index (χ4v) is 6.38. The second-order valence-corrected chi connectivity index (χ2v) is 12.2. The van der Waals surface area contributed by atoms with Gasteiger partial charge in [-0.1, -0.05) is 12.1 Å². The van der Waals surface area contributed by atoms with E-state index in [9.17, 15) is 13.6 Å². The van der Waals surface area contributed by atoms with Gasteiger partial charge in [-0.25, -0.2) is 18.0 Å².